The Morgan fingerprint density at radius 2 is 2.21 bits per heavy atom. The number of fused-ring (bicyclic) bond motifs is 1. The van der Waals surface area contributed by atoms with Gasteiger partial charge in [0.25, 0.3) is 5.91 Å². The summed E-state index contributed by atoms with van der Waals surface area (Å²) in [4.78, 5) is 27.3. The number of hydrogen-bond acceptors (Lipinski definition) is 4. The second-order valence-electron chi connectivity index (χ2n) is 4.20. The van der Waals surface area contributed by atoms with Crippen molar-refractivity contribution in [1.29, 1.82) is 0 Å². The van der Waals surface area contributed by atoms with E-state index in [0.717, 1.165) is 5.56 Å². The summed E-state index contributed by atoms with van der Waals surface area (Å²) in [6.07, 6.45) is 1.46. The summed E-state index contributed by atoms with van der Waals surface area (Å²) < 4.78 is 0. The van der Waals surface area contributed by atoms with E-state index in [4.69, 9.17) is 0 Å². The molecule has 0 saturated carbocycles. The van der Waals surface area contributed by atoms with Crippen LogP contribution in [0.3, 0.4) is 0 Å². The normalized spacial score (nSPS) is 16.8. The molecule has 0 spiro atoms. The number of H-pyrrole nitrogens is 1. The molecule has 7 nitrogen and oxygen atoms in total. The Kier molecular flexibility index (Phi) is 2.71. The van der Waals surface area contributed by atoms with Crippen LogP contribution in [0.1, 0.15) is 28.4 Å². The Morgan fingerprint density at radius 3 is 3.00 bits per heavy atom. The van der Waals surface area contributed by atoms with E-state index < -0.39 is 0 Å². The number of carbonyl (C=O) groups excluding carboxylic acids is 2. The maximum atomic E-state index is 11.8. The van der Waals surface area contributed by atoms with E-state index in [1.165, 1.54) is 6.33 Å². The number of benzene rings is 1. The molecule has 0 radical (unpaired) electrons. The van der Waals surface area contributed by atoms with E-state index in [0.29, 0.717) is 11.5 Å². The van der Waals surface area contributed by atoms with Gasteiger partial charge < -0.3 is 5.32 Å². The van der Waals surface area contributed by atoms with Crippen LogP contribution in [-0.4, -0.2) is 27.0 Å². The highest BCUT2D eigenvalue weighted by molar-refractivity contribution is 6.00. The van der Waals surface area contributed by atoms with Gasteiger partial charge in [-0.3, -0.25) is 14.9 Å². The summed E-state index contributed by atoms with van der Waals surface area (Å²) >= 11 is 0. The number of rotatable bonds is 3. The van der Waals surface area contributed by atoms with Crippen molar-refractivity contribution in [3.63, 3.8) is 0 Å². The van der Waals surface area contributed by atoms with Crippen LogP contribution in [0.2, 0.25) is 0 Å². The lowest BCUT2D eigenvalue weighted by Gasteiger charge is -2.10. The van der Waals surface area contributed by atoms with Gasteiger partial charge in [-0.25, -0.2) is 5.10 Å². The number of anilines is 1. The van der Waals surface area contributed by atoms with E-state index in [9.17, 15) is 9.59 Å². The monoisotopic (exact) mass is 257 g/mol. The summed E-state index contributed by atoms with van der Waals surface area (Å²) in [6.45, 7) is 0. The molecule has 1 aliphatic heterocycles. The largest absolute Gasteiger partial charge is 0.345 e. The Bertz CT molecular complexity index is 623. The fraction of sp³-hybridized carbons (Fsp3) is 0.167. The lowest BCUT2D eigenvalue weighted by molar-refractivity contribution is -0.116. The van der Waals surface area contributed by atoms with E-state index in [-0.39, 0.29) is 24.3 Å². The molecule has 0 fully saturated rings. The zero-order valence-electron chi connectivity index (χ0n) is 9.88. The number of nitrogens with zero attached hydrogens (tertiary/aromatic N) is 2. The zero-order chi connectivity index (χ0) is 13.2. The van der Waals surface area contributed by atoms with E-state index in [2.05, 4.69) is 25.8 Å². The molecule has 2 heterocycles. The number of hydrogen-bond donors (Lipinski definition) is 3. The number of carbonyl (C=O) groups is 2. The lowest BCUT2D eigenvalue weighted by Crippen LogP contribution is -2.24. The van der Waals surface area contributed by atoms with Crippen molar-refractivity contribution >= 4 is 17.8 Å². The highest BCUT2D eigenvalue weighted by atomic mass is 16.2. The first-order chi connectivity index (χ1) is 9.24. The van der Waals surface area contributed by atoms with Gasteiger partial charge in [-0.05, 0) is 11.6 Å². The van der Waals surface area contributed by atoms with Crippen LogP contribution in [0.4, 0.5) is 5.95 Å². The minimum absolute atomic E-state index is 0.145. The Balaban J connectivity index is 1.71. The first kappa shape index (κ1) is 11.4. The third-order valence-electron chi connectivity index (χ3n) is 2.95. The maximum Gasteiger partial charge on any atom is 0.252 e. The molecule has 0 unspecified atom stereocenters. The molecule has 3 rings (SSSR count). The minimum atomic E-state index is -0.299. The summed E-state index contributed by atoms with van der Waals surface area (Å²) in [5, 5.41) is 11.5. The predicted molar refractivity (Wildman–Crippen MR) is 66.3 cm³/mol. The van der Waals surface area contributed by atoms with Crippen LogP contribution in [0.5, 0.6) is 0 Å². The van der Waals surface area contributed by atoms with Crippen molar-refractivity contribution in [3.8, 4) is 0 Å². The highest BCUT2D eigenvalue weighted by Gasteiger charge is 2.29. The molecule has 1 aromatic carbocycles. The van der Waals surface area contributed by atoms with Gasteiger partial charge in [0.2, 0.25) is 11.9 Å². The summed E-state index contributed by atoms with van der Waals surface area (Å²) in [5.74, 6) is -0.0885. The van der Waals surface area contributed by atoms with Crippen LogP contribution in [0, 0.1) is 0 Å². The second kappa shape index (κ2) is 4.52. The van der Waals surface area contributed by atoms with Gasteiger partial charge in [-0.15, -0.1) is 0 Å². The molecular formula is C12H11N5O2. The second-order valence-corrected chi connectivity index (χ2v) is 4.20. The van der Waals surface area contributed by atoms with Crippen LogP contribution in [0.25, 0.3) is 0 Å². The Morgan fingerprint density at radius 1 is 1.37 bits per heavy atom. The molecule has 3 N–H and O–H groups in total. The molecule has 2 amide bonds. The summed E-state index contributed by atoms with van der Waals surface area (Å²) in [5.41, 5.74) is 1.47. The number of aromatic nitrogens is 3. The molecule has 0 aliphatic carbocycles. The molecule has 2 aromatic rings. The van der Waals surface area contributed by atoms with Crippen molar-refractivity contribution < 1.29 is 9.59 Å². The van der Waals surface area contributed by atoms with E-state index in [1.54, 1.807) is 12.1 Å². The number of amides is 2. The quantitative estimate of drug-likeness (QED) is 0.750. The van der Waals surface area contributed by atoms with Gasteiger partial charge in [0.05, 0.1) is 12.5 Å². The molecule has 0 saturated heterocycles. The average Bonchev–Trinajstić information content (AvgIpc) is 3.00. The summed E-state index contributed by atoms with van der Waals surface area (Å²) in [6, 6.07) is 6.95. The molecular weight excluding hydrogens is 246 g/mol. The van der Waals surface area contributed by atoms with Gasteiger partial charge in [-0.2, -0.15) is 10.1 Å². The minimum Gasteiger partial charge on any atom is -0.345 e. The molecule has 1 aliphatic rings. The van der Waals surface area contributed by atoms with Gasteiger partial charge in [0.1, 0.15) is 6.33 Å². The number of nitrogens with one attached hydrogen (secondary N) is 3. The predicted octanol–water partition coefficient (Wildman–Crippen LogP) is 0.618. The van der Waals surface area contributed by atoms with Gasteiger partial charge in [-0.1, -0.05) is 18.2 Å². The first-order valence-corrected chi connectivity index (χ1v) is 5.79. The SMILES string of the molecule is O=C(C[C@H]1NC(=O)c2ccccc21)Nc1ncn[nH]1. The van der Waals surface area contributed by atoms with Crippen molar-refractivity contribution in [3.05, 3.63) is 41.7 Å². The van der Waals surface area contributed by atoms with Crippen LogP contribution < -0.4 is 10.6 Å². The fourth-order valence-corrected chi connectivity index (χ4v) is 2.12. The smallest absolute Gasteiger partial charge is 0.252 e. The maximum absolute atomic E-state index is 11.8. The van der Waals surface area contributed by atoms with Gasteiger partial charge in [0.15, 0.2) is 0 Å². The van der Waals surface area contributed by atoms with Gasteiger partial charge in [0, 0.05) is 5.56 Å². The first-order valence-electron chi connectivity index (χ1n) is 5.79. The van der Waals surface area contributed by atoms with Crippen molar-refractivity contribution in [1.82, 2.24) is 20.5 Å². The molecule has 19 heavy (non-hydrogen) atoms. The summed E-state index contributed by atoms with van der Waals surface area (Å²) in [7, 11) is 0. The van der Waals surface area contributed by atoms with Crippen LogP contribution >= 0.6 is 0 Å². The third kappa shape index (κ3) is 2.17. The Labute approximate surface area is 108 Å². The van der Waals surface area contributed by atoms with E-state index in [1.807, 2.05) is 12.1 Å². The van der Waals surface area contributed by atoms with Crippen molar-refractivity contribution in [2.75, 3.05) is 5.32 Å². The van der Waals surface area contributed by atoms with Crippen molar-refractivity contribution in [2.45, 2.75) is 12.5 Å². The zero-order valence-corrected chi connectivity index (χ0v) is 9.88. The lowest BCUT2D eigenvalue weighted by atomic mass is 10.0. The van der Waals surface area contributed by atoms with Gasteiger partial charge >= 0.3 is 0 Å². The molecule has 0 bridgehead atoms. The van der Waals surface area contributed by atoms with Crippen LogP contribution in [-0.2, 0) is 4.79 Å². The fourth-order valence-electron chi connectivity index (χ4n) is 2.12. The third-order valence-corrected chi connectivity index (χ3v) is 2.95. The molecule has 1 atom stereocenters. The molecule has 96 valence electrons. The molecule has 7 heteroatoms. The number of aromatic amines is 1. The molecule has 1 aromatic heterocycles. The van der Waals surface area contributed by atoms with Crippen LogP contribution in [0.15, 0.2) is 30.6 Å². The van der Waals surface area contributed by atoms with E-state index >= 15 is 0 Å². The average molecular weight is 257 g/mol. The standard InChI is InChI=1S/C12H11N5O2/c18-10(16-12-13-6-14-17-12)5-9-7-3-1-2-4-8(7)11(19)15-9/h1-4,6,9H,5H2,(H,15,19)(H2,13,14,16,17,18)/t9-/m1/s1. The highest BCUT2D eigenvalue weighted by Crippen LogP contribution is 2.27. The van der Waals surface area contributed by atoms with Crippen molar-refractivity contribution in [2.24, 2.45) is 0 Å². The topological polar surface area (TPSA) is 99.8 Å². The Hall–Kier alpha value is -2.70.